The van der Waals surface area contributed by atoms with Gasteiger partial charge in [-0.15, -0.1) is 0 Å². The number of fused-ring (bicyclic) bond motifs is 1. The minimum atomic E-state index is -0.596. The third kappa shape index (κ3) is 3.95. The molecule has 30 heavy (non-hydrogen) atoms. The highest BCUT2D eigenvalue weighted by molar-refractivity contribution is 5.72. The van der Waals surface area contributed by atoms with E-state index in [-0.39, 0.29) is 34.4 Å². The molecule has 3 rings (SSSR count). The highest BCUT2D eigenvalue weighted by Crippen LogP contribution is 2.64. The first-order valence-corrected chi connectivity index (χ1v) is 12.0. The van der Waals surface area contributed by atoms with Crippen LogP contribution in [0.2, 0.25) is 0 Å². The molecule has 0 radical (unpaired) electrons. The Bertz CT molecular complexity index is 623. The summed E-state index contributed by atoms with van der Waals surface area (Å²) in [6.45, 7) is 13.2. The number of hydrogen-bond acceptors (Lipinski definition) is 5. The van der Waals surface area contributed by atoms with Gasteiger partial charge in [0.15, 0.2) is 0 Å². The molecule has 1 N–H and O–H groups in total. The minimum absolute atomic E-state index is 0.0377. The molecule has 0 bridgehead atoms. The molecule has 5 heteroatoms. The van der Waals surface area contributed by atoms with Crippen LogP contribution in [0.4, 0.5) is 0 Å². The van der Waals surface area contributed by atoms with Crippen LogP contribution in [0, 0.1) is 28.6 Å². The van der Waals surface area contributed by atoms with E-state index in [9.17, 15) is 9.90 Å². The van der Waals surface area contributed by atoms with Crippen LogP contribution in [0.5, 0.6) is 0 Å². The van der Waals surface area contributed by atoms with E-state index in [0.717, 1.165) is 51.4 Å². The summed E-state index contributed by atoms with van der Waals surface area (Å²) in [5.74, 6) is 0.499. The van der Waals surface area contributed by atoms with Crippen molar-refractivity contribution in [1.82, 2.24) is 0 Å². The van der Waals surface area contributed by atoms with Crippen LogP contribution in [-0.4, -0.2) is 35.5 Å². The summed E-state index contributed by atoms with van der Waals surface area (Å²) < 4.78 is 4.85. The Morgan fingerprint density at radius 3 is 2.43 bits per heavy atom. The van der Waals surface area contributed by atoms with Crippen molar-refractivity contribution in [1.29, 1.82) is 0 Å². The van der Waals surface area contributed by atoms with Gasteiger partial charge in [0.1, 0.15) is 11.7 Å². The lowest BCUT2D eigenvalue weighted by atomic mass is 9.43. The van der Waals surface area contributed by atoms with Crippen LogP contribution in [0.15, 0.2) is 0 Å². The third-order valence-electron chi connectivity index (χ3n) is 9.47. The van der Waals surface area contributed by atoms with Crippen LogP contribution in [-0.2, 0) is 19.3 Å². The van der Waals surface area contributed by atoms with Crippen molar-refractivity contribution in [2.24, 2.45) is 28.6 Å². The molecule has 1 saturated heterocycles. The van der Waals surface area contributed by atoms with E-state index in [2.05, 4.69) is 34.6 Å². The second kappa shape index (κ2) is 8.37. The molecule has 4 unspecified atom stereocenters. The smallest absolute Gasteiger partial charge is 0.311 e. The molecular formula is C25H44O5. The highest BCUT2D eigenvalue weighted by Gasteiger charge is 2.63. The quantitative estimate of drug-likeness (QED) is 0.470. The van der Waals surface area contributed by atoms with Crippen LogP contribution in [0.25, 0.3) is 0 Å². The highest BCUT2D eigenvalue weighted by atomic mass is 17.2. The topological polar surface area (TPSA) is 65.0 Å². The van der Waals surface area contributed by atoms with Gasteiger partial charge in [0.25, 0.3) is 0 Å². The van der Waals surface area contributed by atoms with Gasteiger partial charge in [0.2, 0.25) is 0 Å². The molecule has 3 aliphatic rings. The zero-order valence-electron chi connectivity index (χ0n) is 20.3. The molecular weight excluding hydrogens is 380 g/mol. The number of carbonyl (C=O) groups is 1. The molecule has 0 aromatic heterocycles. The number of ether oxygens (including phenoxy) is 1. The second-order valence-electron chi connectivity index (χ2n) is 11.7. The predicted molar refractivity (Wildman–Crippen MR) is 117 cm³/mol. The van der Waals surface area contributed by atoms with Crippen LogP contribution >= 0.6 is 0 Å². The molecule has 3 fully saturated rings. The van der Waals surface area contributed by atoms with Crippen molar-refractivity contribution < 1.29 is 24.4 Å². The molecule has 0 spiro atoms. The fraction of sp³-hybridized carbons (Fsp3) is 0.960. The normalized spacial score (nSPS) is 44.7. The average molecular weight is 425 g/mol. The van der Waals surface area contributed by atoms with Gasteiger partial charge in [-0.25, -0.2) is 9.78 Å². The lowest BCUT2D eigenvalue weighted by Gasteiger charge is -2.64. The van der Waals surface area contributed by atoms with E-state index < -0.39 is 5.60 Å². The van der Waals surface area contributed by atoms with Gasteiger partial charge in [-0.3, -0.25) is 4.79 Å². The van der Waals surface area contributed by atoms with E-state index in [1.165, 1.54) is 13.5 Å². The fourth-order valence-corrected chi connectivity index (χ4v) is 7.08. The van der Waals surface area contributed by atoms with Gasteiger partial charge in [-0.2, -0.15) is 0 Å². The molecule has 7 atom stereocenters. The van der Waals surface area contributed by atoms with E-state index in [4.69, 9.17) is 14.5 Å². The van der Waals surface area contributed by atoms with Crippen molar-refractivity contribution >= 4 is 5.97 Å². The summed E-state index contributed by atoms with van der Waals surface area (Å²) in [5, 5.41) is 11.9. The zero-order valence-corrected chi connectivity index (χ0v) is 20.3. The molecule has 2 aliphatic carbocycles. The molecule has 1 aliphatic heterocycles. The molecule has 0 aromatic carbocycles. The maximum Gasteiger partial charge on any atom is 0.311 e. The van der Waals surface area contributed by atoms with Crippen molar-refractivity contribution in [3.05, 3.63) is 0 Å². The van der Waals surface area contributed by atoms with Crippen molar-refractivity contribution in [3.8, 4) is 0 Å². The van der Waals surface area contributed by atoms with E-state index in [1.807, 2.05) is 6.92 Å². The zero-order chi connectivity index (χ0) is 22.4. The van der Waals surface area contributed by atoms with Gasteiger partial charge in [0, 0.05) is 0 Å². The summed E-state index contributed by atoms with van der Waals surface area (Å²) in [7, 11) is 1.41. The Morgan fingerprint density at radius 1 is 1.13 bits per heavy atom. The van der Waals surface area contributed by atoms with Gasteiger partial charge in [-0.05, 0) is 87.9 Å². The standard InChI is InChI=1S/C25H44O5/c1-17-9-16-25(27)22(3,4)12-8-13-24(25,6)19(17)10-14-23(5)15-11-20(29-30-23)18(2)21(26)28-7/h17-20,27H,8-16H2,1-7H3/t17?,18-,19?,20-,23+,24?,25?/m0/s1. The number of aliphatic hydroxyl groups is 1. The maximum absolute atomic E-state index is 11.9. The van der Waals surface area contributed by atoms with Crippen molar-refractivity contribution in [2.75, 3.05) is 7.11 Å². The largest absolute Gasteiger partial charge is 0.469 e. The molecule has 0 amide bonds. The Balaban J connectivity index is 1.67. The summed E-state index contributed by atoms with van der Waals surface area (Å²) >= 11 is 0. The maximum atomic E-state index is 11.9. The fourth-order valence-electron chi connectivity index (χ4n) is 7.08. The Hall–Kier alpha value is -0.650. The molecule has 1 heterocycles. The first-order chi connectivity index (χ1) is 13.9. The average Bonchev–Trinajstić information content (AvgIpc) is 2.69. The lowest BCUT2D eigenvalue weighted by molar-refractivity contribution is -0.412. The van der Waals surface area contributed by atoms with Crippen molar-refractivity contribution in [3.63, 3.8) is 0 Å². The number of hydrogen-bond donors (Lipinski definition) is 1. The van der Waals surface area contributed by atoms with Gasteiger partial charge in [0.05, 0.1) is 18.6 Å². The Kier molecular flexibility index (Phi) is 6.69. The second-order valence-corrected chi connectivity index (χ2v) is 11.7. The van der Waals surface area contributed by atoms with E-state index in [0.29, 0.717) is 11.8 Å². The first kappa shape index (κ1) is 24.0. The third-order valence-corrected chi connectivity index (χ3v) is 9.47. The number of rotatable bonds is 5. The van der Waals surface area contributed by atoms with Gasteiger partial charge in [-0.1, -0.05) is 34.1 Å². The molecule has 174 valence electrons. The van der Waals surface area contributed by atoms with Crippen LogP contribution in [0.3, 0.4) is 0 Å². The monoisotopic (exact) mass is 424 g/mol. The first-order valence-electron chi connectivity index (χ1n) is 12.0. The minimum Gasteiger partial charge on any atom is -0.469 e. The predicted octanol–water partition coefficient (Wildman–Crippen LogP) is 5.44. The number of carbonyl (C=O) groups excluding carboxylic acids is 1. The van der Waals surface area contributed by atoms with Gasteiger partial charge < -0.3 is 9.84 Å². The van der Waals surface area contributed by atoms with Crippen molar-refractivity contribution in [2.45, 2.75) is 117 Å². The van der Waals surface area contributed by atoms with Crippen LogP contribution < -0.4 is 0 Å². The number of esters is 1. The summed E-state index contributed by atoms with van der Waals surface area (Å²) in [6.07, 6.45) is 8.77. The summed E-state index contributed by atoms with van der Waals surface area (Å²) in [4.78, 5) is 23.4. The molecule has 5 nitrogen and oxygen atoms in total. The summed E-state index contributed by atoms with van der Waals surface area (Å²) in [5.41, 5.74) is -1.03. The molecule has 2 saturated carbocycles. The summed E-state index contributed by atoms with van der Waals surface area (Å²) in [6, 6.07) is 0. The lowest BCUT2D eigenvalue weighted by Crippen LogP contribution is -2.65. The Labute approximate surface area is 183 Å². The Morgan fingerprint density at radius 2 is 1.83 bits per heavy atom. The van der Waals surface area contributed by atoms with Gasteiger partial charge >= 0.3 is 5.97 Å². The number of methoxy groups -OCH3 is 1. The van der Waals surface area contributed by atoms with E-state index >= 15 is 0 Å². The SMILES string of the molecule is COC(=O)[C@@H](C)[C@@H]1CC[C@@](C)(CCC2C(C)CCC3(O)C(C)(C)CCCC23C)OO1. The van der Waals surface area contributed by atoms with Crippen LogP contribution in [0.1, 0.15) is 99.3 Å². The van der Waals surface area contributed by atoms with E-state index in [1.54, 1.807) is 0 Å². The molecule has 0 aromatic rings.